The standard InChI is InChI=1S/C8H9N3O2/c9-8(7(12)13)3-5-6(4-8)11-2-1-10-5/h1-2H,3-4,9H2,(H,12,13). The summed E-state index contributed by atoms with van der Waals surface area (Å²) in [6, 6.07) is 0. The number of carboxylic acids is 1. The van der Waals surface area contributed by atoms with Gasteiger partial charge in [-0.3, -0.25) is 14.8 Å². The molecular weight excluding hydrogens is 170 g/mol. The maximum Gasteiger partial charge on any atom is 0.324 e. The molecule has 0 aliphatic heterocycles. The van der Waals surface area contributed by atoms with E-state index in [4.69, 9.17) is 10.8 Å². The predicted octanol–water partition coefficient (Wildman–Crippen LogP) is -0.643. The normalized spacial score (nSPS) is 18.2. The van der Waals surface area contributed by atoms with E-state index in [1.165, 1.54) is 0 Å². The van der Waals surface area contributed by atoms with Gasteiger partial charge in [-0.1, -0.05) is 0 Å². The first-order valence-electron chi connectivity index (χ1n) is 3.93. The van der Waals surface area contributed by atoms with Crippen LogP contribution in [0.1, 0.15) is 11.4 Å². The fraction of sp³-hybridized carbons (Fsp3) is 0.375. The Balaban J connectivity index is 2.37. The van der Waals surface area contributed by atoms with Gasteiger partial charge in [0.05, 0.1) is 11.4 Å². The van der Waals surface area contributed by atoms with Gasteiger partial charge >= 0.3 is 5.97 Å². The van der Waals surface area contributed by atoms with Crippen LogP contribution in [0.15, 0.2) is 12.4 Å². The first-order valence-corrected chi connectivity index (χ1v) is 3.93. The van der Waals surface area contributed by atoms with Gasteiger partial charge in [0.15, 0.2) is 0 Å². The van der Waals surface area contributed by atoms with Crippen molar-refractivity contribution in [3.8, 4) is 0 Å². The molecule has 5 nitrogen and oxygen atoms in total. The molecule has 0 spiro atoms. The van der Waals surface area contributed by atoms with Gasteiger partial charge in [-0.2, -0.15) is 0 Å². The molecule has 1 aliphatic rings. The second kappa shape index (κ2) is 2.50. The van der Waals surface area contributed by atoms with Crippen molar-refractivity contribution in [2.75, 3.05) is 0 Å². The first-order chi connectivity index (χ1) is 6.12. The molecule has 0 amide bonds. The molecule has 0 radical (unpaired) electrons. The van der Waals surface area contributed by atoms with E-state index in [-0.39, 0.29) is 12.8 Å². The number of hydrogen-bond donors (Lipinski definition) is 2. The highest BCUT2D eigenvalue weighted by Crippen LogP contribution is 2.24. The molecule has 1 aromatic rings. The van der Waals surface area contributed by atoms with E-state index in [0.717, 1.165) is 0 Å². The van der Waals surface area contributed by atoms with Crippen LogP contribution < -0.4 is 5.73 Å². The van der Waals surface area contributed by atoms with E-state index >= 15 is 0 Å². The molecule has 0 aromatic carbocycles. The Bertz CT molecular complexity index is 339. The largest absolute Gasteiger partial charge is 0.480 e. The topological polar surface area (TPSA) is 89.1 Å². The quantitative estimate of drug-likeness (QED) is 0.598. The van der Waals surface area contributed by atoms with E-state index < -0.39 is 11.5 Å². The van der Waals surface area contributed by atoms with Crippen molar-refractivity contribution in [3.05, 3.63) is 23.8 Å². The summed E-state index contributed by atoms with van der Waals surface area (Å²) in [6.07, 6.45) is 3.63. The summed E-state index contributed by atoms with van der Waals surface area (Å²) in [5.74, 6) is -0.993. The monoisotopic (exact) mass is 179 g/mol. The van der Waals surface area contributed by atoms with E-state index in [2.05, 4.69) is 9.97 Å². The van der Waals surface area contributed by atoms with Gasteiger partial charge in [-0.15, -0.1) is 0 Å². The molecule has 1 aliphatic carbocycles. The number of carboxylic acid groups (broad SMARTS) is 1. The zero-order chi connectivity index (χ0) is 9.47. The summed E-state index contributed by atoms with van der Waals surface area (Å²) < 4.78 is 0. The zero-order valence-corrected chi connectivity index (χ0v) is 6.90. The molecule has 2 rings (SSSR count). The van der Waals surface area contributed by atoms with Crippen molar-refractivity contribution in [1.29, 1.82) is 0 Å². The number of aromatic nitrogens is 2. The molecule has 0 unspecified atom stereocenters. The molecule has 0 bridgehead atoms. The SMILES string of the molecule is NC1(C(=O)O)Cc2nccnc2C1. The molecule has 0 atom stereocenters. The van der Waals surface area contributed by atoms with Crippen molar-refractivity contribution in [1.82, 2.24) is 9.97 Å². The van der Waals surface area contributed by atoms with E-state index in [0.29, 0.717) is 11.4 Å². The lowest BCUT2D eigenvalue weighted by Crippen LogP contribution is -2.48. The van der Waals surface area contributed by atoms with Gasteiger partial charge in [-0.05, 0) is 0 Å². The van der Waals surface area contributed by atoms with Gasteiger partial charge in [-0.25, -0.2) is 0 Å². The Morgan fingerprint density at radius 1 is 1.38 bits per heavy atom. The Kier molecular flexibility index (Phi) is 1.56. The minimum absolute atomic E-state index is 0.269. The number of hydrogen-bond acceptors (Lipinski definition) is 4. The van der Waals surface area contributed by atoms with Gasteiger partial charge < -0.3 is 10.8 Å². The third-order valence-corrected chi connectivity index (χ3v) is 2.25. The van der Waals surface area contributed by atoms with E-state index in [1.54, 1.807) is 12.4 Å². The lowest BCUT2D eigenvalue weighted by atomic mass is 9.99. The highest BCUT2D eigenvalue weighted by Gasteiger charge is 2.41. The Labute approximate surface area is 74.6 Å². The number of fused-ring (bicyclic) bond motifs is 1. The summed E-state index contributed by atoms with van der Waals surface area (Å²) >= 11 is 0. The molecule has 13 heavy (non-hydrogen) atoms. The Morgan fingerprint density at radius 3 is 2.23 bits per heavy atom. The van der Waals surface area contributed by atoms with Crippen LogP contribution in [-0.4, -0.2) is 26.6 Å². The smallest absolute Gasteiger partial charge is 0.324 e. The molecule has 0 saturated carbocycles. The second-order valence-electron chi connectivity index (χ2n) is 3.26. The maximum atomic E-state index is 10.8. The van der Waals surface area contributed by atoms with Crippen LogP contribution in [-0.2, 0) is 17.6 Å². The van der Waals surface area contributed by atoms with E-state index in [1.807, 2.05) is 0 Å². The van der Waals surface area contributed by atoms with E-state index in [9.17, 15) is 4.79 Å². The number of aliphatic carboxylic acids is 1. The van der Waals surface area contributed by atoms with Gasteiger partial charge in [0.1, 0.15) is 5.54 Å². The van der Waals surface area contributed by atoms with Crippen molar-refractivity contribution >= 4 is 5.97 Å². The molecule has 1 aromatic heterocycles. The number of nitrogens with zero attached hydrogens (tertiary/aromatic N) is 2. The molecule has 5 heteroatoms. The fourth-order valence-corrected chi connectivity index (χ4v) is 1.50. The van der Waals surface area contributed by atoms with Gasteiger partial charge in [0.2, 0.25) is 0 Å². The van der Waals surface area contributed by atoms with Crippen LogP contribution in [0.5, 0.6) is 0 Å². The average Bonchev–Trinajstić information content (AvgIpc) is 2.42. The third-order valence-electron chi connectivity index (χ3n) is 2.25. The Morgan fingerprint density at radius 2 is 1.85 bits per heavy atom. The first kappa shape index (κ1) is 8.12. The summed E-state index contributed by atoms with van der Waals surface area (Å²) in [7, 11) is 0. The maximum absolute atomic E-state index is 10.8. The van der Waals surface area contributed by atoms with Gasteiger partial charge in [0, 0.05) is 25.2 Å². The highest BCUT2D eigenvalue weighted by atomic mass is 16.4. The van der Waals surface area contributed by atoms with Crippen molar-refractivity contribution in [2.24, 2.45) is 5.73 Å². The molecular formula is C8H9N3O2. The number of nitrogens with two attached hydrogens (primary N) is 1. The van der Waals surface area contributed by atoms with Gasteiger partial charge in [0.25, 0.3) is 0 Å². The lowest BCUT2D eigenvalue weighted by Gasteiger charge is -2.15. The summed E-state index contributed by atoms with van der Waals surface area (Å²) in [5, 5.41) is 8.86. The molecule has 3 N–H and O–H groups in total. The Hall–Kier alpha value is -1.49. The third kappa shape index (κ3) is 1.17. The number of carbonyl (C=O) groups is 1. The fourth-order valence-electron chi connectivity index (χ4n) is 1.50. The molecule has 0 saturated heterocycles. The predicted molar refractivity (Wildman–Crippen MR) is 44.0 cm³/mol. The summed E-state index contributed by atoms with van der Waals surface area (Å²) in [6.45, 7) is 0. The number of rotatable bonds is 1. The van der Waals surface area contributed by atoms with Crippen LogP contribution in [0, 0.1) is 0 Å². The minimum atomic E-state index is -1.20. The summed E-state index contributed by atoms with van der Waals surface area (Å²) in [4.78, 5) is 18.9. The molecule has 0 fully saturated rings. The van der Waals surface area contributed by atoms with Crippen LogP contribution in [0.3, 0.4) is 0 Å². The van der Waals surface area contributed by atoms with Crippen LogP contribution in [0.4, 0.5) is 0 Å². The molecule has 68 valence electrons. The highest BCUT2D eigenvalue weighted by molar-refractivity contribution is 5.80. The average molecular weight is 179 g/mol. The lowest BCUT2D eigenvalue weighted by molar-refractivity contribution is -0.142. The van der Waals surface area contributed by atoms with Crippen LogP contribution in [0.25, 0.3) is 0 Å². The summed E-state index contributed by atoms with van der Waals surface area (Å²) in [5.41, 5.74) is 5.87. The van der Waals surface area contributed by atoms with Crippen LogP contribution in [0.2, 0.25) is 0 Å². The van der Waals surface area contributed by atoms with Crippen molar-refractivity contribution < 1.29 is 9.90 Å². The second-order valence-corrected chi connectivity index (χ2v) is 3.26. The van der Waals surface area contributed by atoms with Crippen LogP contribution >= 0.6 is 0 Å². The zero-order valence-electron chi connectivity index (χ0n) is 6.90. The van der Waals surface area contributed by atoms with Crippen molar-refractivity contribution in [3.63, 3.8) is 0 Å². The minimum Gasteiger partial charge on any atom is -0.480 e. The van der Waals surface area contributed by atoms with Crippen molar-refractivity contribution in [2.45, 2.75) is 18.4 Å². The molecule has 1 heterocycles.